The van der Waals surface area contributed by atoms with Crippen LogP contribution in [-0.4, -0.2) is 30.7 Å². The lowest BCUT2D eigenvalue weighted by Gasteiger charge is -2.26. The average Bonchev–Trinajstić information content (AvgIpc) is 2.78. The Morgan fingerprint density at radius 3 is 2.94 bits per heavy atom. The molecule has 0 N–H and O–H groups in total. The third-order valence-corrected chi connectivity index (χ3v) is 3.52. The van der Waals surface area contributed by atoms with Crippen LogP contribution in [0.5, 0.6) is 0 Å². The van der Waals surface area contributed by atoms with Crippen LogP contribution in [0.1, 0.15) is 24.5 Å². The monoisotopic (exact) mass is 248 g/mol. The first-order chi connectivity index (χ1) is 8.63. The van der Waals surface area contributed by atoms with Crippen LogP contribution >= 0.6 is 0 Å². The van der Waals surface area contributed by atoms with E-state index in [9.17, 15) is 4.39 Å². The first kappa shape index (κ1) is 13.0. The topological polar surface area (TPSA) is 36.3 Å². The predicted octanol–water partition coefficient (Wildman–Crippen LogP) is 2.31. The van der Waals surface area contributed by atoms with Crippen molar-refractivity contribution in [3.63, 3.8) is 0 Å². The molecule has 0 saturated carbocycles. The van der Waals surface area contributed by atoms with E-state index in [2.05, 4.69) is 4.90 Å². The van der Waals surface area contributed by atoms with Crippen molar-refractivity contribution in [2.45, 2.75) is 32.0 Å². The second kappa shape index (κ2) is 5.47. The van der Waals surface area contributed by atoms with Crippen LogP contribution in [0.25, 0.3) is 0 Å². The van der Waals surface area contributed by atoms with Crippen molar-refractivity contribution in [3.8, 4) is 6.07 Å². The fraction of sp³-hybridized carbons (Fsp3) is 0.500. The number of nitrogens with zero attached hydrogens (tertiary/aromatic N) is 2. The quantitative estimate of drug-likeness (QED) is 0.823. The lowest BCUT2D eigenvalue weighted by Crippen LogP contribution is -2.36. The Morgan fingerprint density at radius 1 is 1.56 bits per heavy atom. The molecule has 2 unspecified atom stereocenters. The van der Waals surface area contributed by atoms with E-state index < -0.39 is 5.82 Å². The maximum Gasteiger partial charge on any atom is 0.145 e. The Morgan fingerprint density at radius 2 is 2.33 bits per heavy atom. The maximum atomic E-state index is 13.9. The zero-order valence-electron chi connectivity index (χ0n) is 10.7. The van der Waals surface area contributed by atoms with Crippen LogP contribution in [0, 0.1) is 17.1 Å². The predicted molar refractivity (Wildman–Crippen MR) is 66.4 cm³/mol. The van der Waals surface area contributed by atoms with Gasteiger partial charge in [0, 0.05) is 24.8 Å². The van der Waals surface area contributed by atoms with Crippen molar-refractivity contribution in [2.24, 2.45) is 0 Å². The summed E-state index contributed by atoms with van der Waals surface area (Å²) in [6, 6.07) is 7.14. The van der Waals surface area contributed by atoms with Gasteiger partial charge in [-0.2, -0.15) is 5.26 Å². The largest absolute Gasteiger partial charge is 0.377 e. The van der Waals surface area contributed by atoms with Crippen LogP contribution in [-0.2, 0) is 11.3 Å². The zero-order valence-corrected chi connectivity index (χ0v) is 10.7. The molecule has 0 amide bonds. The van der Waals surface area contributed by atoms with E-state index in [1.165, 1.54) is 6.07 Å². The summed E-state index contributed by atoms with van der Waals surface area (Å²) in [6.07, 6.45) is 1.15. The molecule has 0 aromatic heterocycles. The van der Waals surface area contributed by atoms with Crippen LogP contribution < -0.4 is 0 Å². The molecule has 4 heteroatoms. The number of ether oxygens (including phenoxy) is 1. The van der Waals surface area contributed by atoms with Gasteiger partial charge in [0.25, 0.3) is 0 Å². The number of hydrogen-bond acceptors (Lipinski definition) is 3. The van der Waals surface area contributed by atoms with E-state index in [1.807, 2.05) is 20.0 Å². The zero-order chi connectivity index (χ0) is 13.1. The fourth-order valence-electron chi connectivity index (χ4n) is 2.47. The first-order valence-electron chi connectivity index (χ1n) is 6.13. The third kappa shape index (κ3) is 2.53. The van der Waals surface area contributed by atoms with Crippen molar-refractivity contribution < 1.29 is 9.13 Å². The second-order valence-electron chi connectivity index (χ2n) is 4.74. The van der Waals surface area contributed by atoms with Gasteiger partial charge in [0.2, 0.25) is 0 Å². The number of halogens is 1. The number of rotatable bonds is 3. The molecule has 0 aliphatic carbocycles. The van der Waals surface area contributed by atoms with E-state index in [0.717, 1.165) is 13.0 Å². The van der Waals surface area contributed by atoms with Crippen molar-refractivity contribution >= 4 is 0 Å². The summed E-state index contributed by atoms with van der Waals surface area (Å²) < 4.78 is 19.4. The second-order valence-corrected chi connectivity index (χ2v) is 4.74. The molecule has 3 nitrogen and oxygen atoms in total. The van der Waals surface area contributed by atoms with Gasteiger partial charge in [0.1, 0.15) is 11.9 Å². The molecule has 96 valence electrons. The van der Waals surface area contributed by atoms with Gasteiger partial charge in [-0.1, -0.05) is 12.1 Å². The fourth-order valence-corrected chi connectivity index (χ4v) is 2.47. The molecule has 1 fully saturated rings. The summed E-state index contributed by atoms with van der Waals surface area (Å²) in [5.74, 6) is -0.404. The summed E-state index contributed by atoms with van der Waals surface area (Å²) in [6.45, 7) is 3.30. The minimum atomic E-state index is -0.404. The normalized spacial score (nSPS) is 23.3. The molecule has 1 aromatic carbocycles. The van der Waals surface area contributed by atoms with Gasteiger partial charge in [0.05, 0.1) is 11.7 Å². The Hall–Kier alpha value is -1.44. The summed E-state index contributed by atoms with van der Waals surface area (Å²) >= 11 is 0. The van der Waals surface area contributed by atoms with Gasteiger partial charge in [-0.15, -0.1) is 0 Å². The molecule has 2 rings (SSSR count). The van der Waals surface area contributed by atoms with Crippen molar-refractivity contribution in [1.29, 1.82) is 5.26 Å². The lowest BCUT2D eigenvalue weighted by molar-refractivity contribution is 0.0810. The van der Waals surface area contributed by atoms with Gasteiger partial charge in [-0.25, -0.2) is 4.39 Å². The molecular formula is C14H17FN2O. The highest BCUT2D eigenvalue weighted by atomic mass is 19.1. The van der Waals surface area contributed by atoms with E-state index in [-0.39, 0.29) is 11.7 Å². The Bertz CT molecular complexity index is 469. The molecule has 2 atom stereocenters. The third-order valence-electron chi connectivity index (χ3n) is 3.52. The summed E-state index contributed by atoms with van der Waals surface area (Å²) in [4.78, 5) is 2.09. The maximum absolute atomic E-state index is 13.9. The molecule has 0 spiro atoms. The van der Waals surface area contributed by atoms with Crippen molar-refractivity contribution in [2.75, 3.05) is 13.7 Å². The molecule has 1 aliphatic heterocycles. The molecule has 1 saturated heterocycles. The SMILES string of the molecule is CC1OCCC1N(C)Cc1cccc(C#N)c1F. The highest BCUT2D eigenvalue weighted by Crippen LogP contribution is 2.21. The van der Waals surface area contributed by atoms with Gasteiger partial charge in [-0.05, 0) is 26.5 Å². The van der Waals surface area contributed by atoms with Gasteiger partial charge in [0.15, 0.2) is 0 Å². The lowest BCUT2D eigenvalue weighted by atomic mass is 10.1. The average molecular weight is 248 g/mol. The van der Waals surface area contributed by atoms with E-state index >= 15 is 0 Å². The minimum absolute atomic E-state index is 0.108. The Kier molecular flexibility index (Phi) is 3.95. The summed E-state index contributed by atoms with van der Waals surface area (Å²) in [5.41, 5.74) is 0.673. The van der Waals surface area contributed by atoms with Crippen molar-refractivity contribution in [1.82, 2.24) is 4.90 Å². The van der Waals surface area contributed by atoms with E-state index in [0.29, 0.717) is 18.2 Å². The summed E-state index contributed by atoms with van der Waals surface area (Å²) in [5, 5.41) is 8.81. The molecule has 1 aromatic rings. The van der Waals surface area contributed by atoms with Crippen LogP contribution in [0.2, 0.25) is 0 Å². The smallest absolute Gasteiger partial charge is 0.145 e. The molecule has 1 heterocycles. The summed E-state index contributed by atoms with van der Waals surface area (Å²) in [7, 11) is 1.97. The van der Waals surface area contributed by atoms with Crippen LogP contribution in [0.3, 0.4) is 0 Å². The number of hydrogen-bond donors (Lipinski definition) is 0. The minimum Gasteiger partial charge on any atom is -0.377 e. The van der Waals surface area contributed by atoms with Gasteiger partial charge < -0.3 is 4.74 Å². The highest BCUT2D eigenvalue weighted by Gasteiger charge is 2.28. The highest BCUT2D eigenvalue weighted by molar-refractivity contribution is 5.34. The van der Waals surface area contributed by atoms with Crippen LogP contribution in [0.4, 0.5) is 4.39 Å². The van der Waals surface area contributed by atoms with Gasteiger partial charge in [-0.3, -0.25) is 4.90 Å². The number of nitriles is 1. The standard InChI is InChI=1S/C14H17FN2O/c1-10-13(6-7-18-10)17(2)9-12-5-3-4-11(8-16)14(12)15/h3-5,10,13H,6-7,9H2,1-2H3. The molecule has 0 bridgehead atoms. The van der Waals surface area contributed by atoms with E-state index in [4.69, 9.17) is 10.00 Å². The number of benzene rings is 1. The molecule has 18 heavy (non-hydrogen) atoms. The molecule has 1 aliphatic rings. The molecular weight excluding hydrogens is 231 g/mol. The number of likely N-dealkylation sites (N-methyl/N-ethyl adjacent to an activating group) is 1. The van der Waals surface area contributed by atoms with Crippen LogP contribution in [0.15, 0.2) is 18.2 Å². The Balaban J connectivity index is 2.12. The Labute approximate surface area is 107 Å². The van der Waals surface area contributed by atoms with E-state index in [1.54, 1.807) is 12.1 Å². The van der Waals surface area contributed by atoms with Crippen molar-refractivity contribution in [3.05, 3.63) is 35.1 Å². The van der Waals surface area contributed by atoms with Gasteiger partial charge >= 0.3 is 0 Å². The first-order valence-corrected chi connectivity index (χ1v) is 6.13. The molecule has 0 radical (unpaired) electrons.